The van der Waals surface area contributed by atoms with E-state index in [2.05, 4.69) is 94.0 Å². The van der Waals surface area contributed by atoms with Gasteiger partial charge >= 0.3 is 0 Å². The van der Waals surface area contributed by atoms with E-state index in [0.29, 0.717) is 13.0 Å². The number of allylic oxidation sites excluding steroid dienone is 8. The van der Waals surface area contributed by atoms with E-state index in [1.54, 1.807) is 11.8 Å². The highest BCUT2D eigenvalue weighted by molar-refractivity contribution is 9.11. The molecule has 0 spiro atoms. The Hall–Kier alpha value is -3.37. The van der Waals surface area contributed by atoms with Crippen LogP contribution in [0.15, 0.2) is 122 Å². The van der Waals surface area contributed by atoms with Gasteiger partial charge in [0.05, 0.1) is 5.71 Å². The van der Waals surface area contributed by atoms with Crippen LogP contribution in [0, 0.1) is 12.8 Å². The van der Waals surface area contributed by atoms with Gasteiger partial charge in [-0.15, -0.1) is 12.8 Å². The molecule has 2 aromatic rings. The summed E-state index contributed by atoms with van der Waals surface area (Å²) in [7, 11) is 1.84. The summed E-state index contributed by atoms with van der Waals surface area (Å²) in [4.78, 5) is 19.1. The third kappa shape index (κ3) is 10.5. The van der Waals surface area contributed by atoms with Crippen LogP contribution in [0.3, 0.4) is 0 Å². The lowest BCUT2D eigenvalue weighted by atomic mass is 9.99. The van der Waals surface area contributed by atoms with Crippen molar-refractivity contribution in [1.29, 1.82) is 0 Å². The van der Waals surface area contributed by atoms with Gasteiger partial charge in [0.1, 0.15) is 0 Å². The predicted molar refractivity (Wildman–Crippen MR) is 167 cm³/mol. The van der Waals surface area contributed by atoms with Crippen molar-refractivity contribution >= 4 is 39.3 Å². The Morgan fingerprint density at radius 2 is 1.87 bits per heavy atom. The summed E-state index contributed by atoms with van der Waals surface area (Å²) in [6.45, 7) is 2.70. The minimum Gasteiger partial charge on any atom is -0.291 e. The topological polar surface area (TPSA) is 53.5 Å². The quantitative estimate of drug-likeness (QED) is 0.0931. The van der Waals surface area contributed by atoms with E-state index in [-0.39, 0.29) is 5.91 Å². The molecule has 6 heteroatoms. The van der Waals surface area contributed by atoms with Crippen molar-refractivity contribution in [2.45, 2.75) is 37.6 Å². The molecule has 1 aliphatic rings. The lowest BCUT2D eigenvalue weighted by molar-refractivity contribution is -0.121. The van der Waals surface area contributed by atoms with E-state index in [1.807, 2.05) is 61.7 Å². The summed E-state index contributed by atoms with van der Waals surface area (Å²) >= 11 is 5.31. The molecule has 0 saturated carbocycles. The zero-order valence-electron chi connectivity index (χ0n) is 21.9. The Bertz CT molecular complexity index is 1250. The number of nitrogens with one attached hydrogen (secondary N) is 2. The van der Waals surface area contributed by atoms with Crippen molar-refractivity contribution in [2.75, 3.05) is 7.05 Å². The lowest BCUT2D eigenvalue weighted by Gasteiger charge is -2.14. The Labute approximate surface area is 239 Å². The number of aliphatic imine (C=N–C) groups is 1. The second-order valence-electron chi connectivity index (χ2n) is 8.03. The first-order chi connectivity index (χ1) is 18.6. The average Bonchev–Trinajstić information content (AvgIpc) is 3.16. The van der Waals surface area contributed by atoms with Crippen LogP contribution in [0.2, 0.25) is 0 Å². The summed E-state index contributed by atoms with van der Waals surface area (Å²) in [6, 6.07) is 18.3. The monoisotopic (exact) mass is 587 g/mol. The average molecular weight is 589 g/mol. The number of benzene rings is 2. The predicted octanol–water partition coefficient (Wildman–Crippen LogP) is 7.67. The van der Waals surface area contributed by atoms with Crippen molar-refractivity contribution in [3.05, 3.63) is 123 Å². The summed E-state index contributed by atoms with van der Waals surface area (Å²) in [5.74, 6) is -0.0733. The van der Waals surface area contributed by atoms with Crippen LogP contribution >= 0.6 is 27.7 Å². The van der Waals surface area contributed by atoms with Gasteiger partial charge in [-0.2, -0.15) is 0 Å². The summed E-state index contributed by atoms with van der Waals surface area (Å²) in [6.07, 6.45) is 24.5. The third-order valence-electron chi connectivity index (χ3n) is 5.29. The van der Waals surface area contributed by atoms with E-state index in [1.165, 1.54) is 5.57 Å². The summed E-state index contributed by atoms with van der Waals surface area (Å²) < 4.78 is 1.03. The van der Waals surface area contributed by atoms with Gasteiger partial charge in [-0.05, 0) is 42.2 Å². The minimum absolute atomic E-state index is 0.0733. The minimum atomic E-state index is -0.0733. The van der Waals surface area contributed by atoms with Crippen LogP contribution < -0.4 is 10.9 Å². The fraction of sp³-hybridized carbons (Fsp3) is 0.188. The number of terminal acetylenes is 1. The number of carbonyl (C=O) groups excluding carboxylic acids is 1. The maximum atomic E-state index is 12.3. The largest absolute Gasteiger partial charge is 0.291 e. The molecule has 0 atom stereocenters. The smallest absolute Gasteiger partial charge is 0.237 e. The zero-order valence-corrected chi connectivity index (χ0v) is 24.3. The molecular formula is C32H34BrN3OS. The maximum Gasteiger partial charge on any atom is 0.237 e. The standard InChI is InChI=1S/C30H32BrN3OS.C2H2/c1-3-12-26(17-11-20-29(35)34-33-22-23-13-5-4-6-14-23)36-28-19-10-9-18-27(28)30(32-2)24-15-7-8-16-25(31)21-24;1-2/h4-14,16-19,21,33H,3,15,20,22H2,1-2H3,(H,34,35);1-2H/b17-11-,26-12+,32-30?;. The van der Waals surface area contributed by atoms with Crippen molar-refractivity contribution < 1.29 is 4.79 Å². The van der Waals surface area contributed by atoms with E-state index in [4.69, 9.17) is 0 Å². The SMILES string of the molecule is C#C.CC/C=C(\C=C/CC(=O)NNCc1ccccc1)Sc1ccccc1C(=NC)C1=CC(Br)=CC=CC1. The van der Waals surface area contributed by atoms with E-state index in [0.717, 1.165) is 44.0 Å². The van der Waals surface area contributed by atoms with Crippen molar-refractivity contribution in [3.8, 4) is 12.8 Å². The number of amides is 1. The number of hydrogen-bond acceptors (Lipinski definition) is 4. The molecular weight excluding hydrogens is 554 g/mol. The van der Waals surface area contributed by atoms with E-state index >= 15 is 0 Å². The summed E-state index contributed by atoms with van der Waals surface area (Å²) in [5.41, 5.74) is 10.1. The molecule has 0 saturated heterocycles. The molecule has 0 radical (unpaired) electrons. The highest BCUT2D eigenvalue weighted by Gasteiger charge is 2.15. The molecule has 0 unspecified atom stereocenters. The van der Waals surface area contributed by atoms with Crippen LogP contribution in [-0.4, -0.2) is 18.7 Å². The molecule has 196 valence electrons. The number of rotatable bonds is 11. The zero-order chi connectivity index (χ0) is 27.6. The fourth-order valence-electron chi connectivity index (χ4n) is 3.63. The first kappa shape index (κ1) is 30.9. The van der Waals surface area contributed by atoms with Crippen LogP contribution in [-0.2, 0) is 11.3 Å². The molecule has 0 fully saturated rings. The molecule has 0 aliphatic heterocycles. The first-order valence-corrected chi connectivity index (χ1v) is 13.9. The normalized spacial score (nSPS) is 13.7. The van der Waals surface area contributed by atoms with Crippen molar-refractivity contribution in [1.82, 2.24) is 10.9 Å². The van der Waals surface area contributed by atoms with Crippen molar-refractivity contribution in [2.24, 2.45) is 4.99 Å². The van der Waals surface area contributed by atoms with Crippen LogP contribution in [0.4, 0.5) is 0 Å². The van der Waals surface area contributed by atoms with Crippen LogP contribution in [0.25, 0.3) is 0 Å². The molecule has 3 rings (SSSR count). The van der Waals surface area contributed by atoms with Gasteiger partial charge < -0.3 is 0 Å². The highest BCUT2D eigenvalue weighted by atomic mass is 79.9. The number of hydrazine groups is 1. The van der Waals surface area contributed by atoms with Gasteiger partial charge in [0.15, 0.2) is 0 Å². The van der Waals surface area contributed by atoms with Gasteiger partial charge in [0.2, 0.25) is 5.91 Å². The molecule has 38 heavy (non-hydrogen) atoms. The first-order valence-electron chi connectivity index (χ1n) is 12.3. The van der Waals surface area contributed by atoms with E-state index in [9.17, 15) is 4.79 Å². The van der Waals surface area contributed by atoms with Crippen LogP contribution in [0.5, 0.6) is 0 Å². The third-order valence-corrected chi connectivity index (χ3v) is 6.90. The van der Waals surface area contributed by atoms with Gasteiger partial charge in [-0.25, -0.2) is 5.43 Å². The second-order valence-corrected chi connectivity index (χ2v) is 10.1. The van der Waals surface area contributed by atoms with Crippen molar-refractivity contribution in [3.63, 3.8) is 0 Å². The van der Waals surface area contributed by atoms with E-state index < -0.39 is 0 Å². The van der Waals surface area contributed by atoms with Crippen LogP contribution in [0.1, 0.15) is 37.3 Å². The Kier molecular flexibility index (Phi) is 14.6. The fourth-order valence-corrected chi connectivity index (χ4v) is 5.15. The number of carbonyl (C=O) groups is 1. The summed E-state index contributed by atoms with van der Waals surface area (Å²) in [5, 5.41) is 0. The number of hydrogen-bond donors (Lipinski definition) is 2. The second kappa shape index (κ2) is 18.0. The maximum absolute atomic E-state index is 12.3. The number of thioether (sulfide) groups is 1. The van der Waals surface area contributed by atoms with Gasteiger partial charge in [-0.3, -0.25) is 15.2 Å². The Balaban J connectivity index is 0.00000247. The molecule has 0 bridgehead atoms. The molecule has 0 aromatic heterocycles. The highest BCUT2D eigenvalue weighted by Crippen LogP contribution is 2.33. The lowest BCUT2D eigenvalue weighted by Crippen LogP contribution is -2.36. The number of nitrogens with zero attached hydrogens (tertiary/aromatic N) is 1. The molecule has 1 aliphatic carbocycles. The Morgan fingerprint density at radius 1 is 1.13 bits per heavy atom. The molecule has 2 aromatic carbocycles. The molecule has 4 nitrogen and oxygen atoms in total. The number of halogens is 1. The Morgan fingerprint density at radius 3 is 2.61 bits per heavy atom. The molecule has 2 N–H and O–H groups in total. The van der Waals surface area contributed by atoms with Gasteiger partial charge in [0, 0.05) is 39.9 Å². The molecule has 1 amide bonds. The van der Waals surface area contributed by atoms with Gasteiger partial charge in [-0.1, -0.05) is 114 Å². The molecule has 0 heterocycles. The van der Waals surface area contributed by atoms with Gasteiger partial charge in [0.25, 0.3) is 0 Å².